The highest BCUT2D eigenvalue weighted by Gasteiger charge is 2.30. The zero-order valence-corrected chi connectivity index (χ0v) is 19.6. The van der Waals surface area contributed by atoms with Gasteiger partial charge in [0.1, 0.15) is 16.5 Å². The highest BCUT2D eigenvalue weighted by molar-refractivity contribution is 7.14. The molecule has 5 rings (SSSR count). The summed E-state index contributed by atoms with van der Waals surface area (Å²) in [5.41, 5.74) is 1.66. The smallest absolute Gasteiger partial charge is 0.166 e. The van der Waals surface area contributed by atoms with Gasteiger partial charge < -0.3 is 4.90 Å². The minimum Gasteiger partial charge on any atom is -0.304 e. The number of hydrogen-bond donors (Lipinski definition) is 0. The van der Waals surface area contributed by atoms with E-state index in [1.165, 1.54) is 11.3 Å². The fourth-order valence-electron chi connectivity index (χ4n) is 4.97. The Kier molecular flexibility index (Phi) is 6.26. The van der Waals surface area contributed by atoms with Crippen LogP contribution in [0.25, 0.3) is 21.5 Å². The Balaban J connectivity index is 1.22. The summed E-state index contributed by atoms with van der Waals surface area (Å²) >= 11 is 1.53. The van der Waals surface area contributed by atoms with Crippen LogP contribution in [0.4, 0.5) is 0 Å². The number of aromatic nitrogens is 4. The van der Waals surface area contributed by atoms with E-state index in [9.17, 15) is 4.79 Å². The van der Waals surface area contributed by atoms with Gasteiger partial charge in [-0.15, -0.1) is 10.2 Å². The van der Waals surface area contributed by atoms with Crippen LogP contribution in [0.1, 0.15) is 36.4 Å². The Hall–Kier alpha value is -2.29. The molecule has 1 aliphatic heterocycles. The maximum Gasteiger partial charge on any atom is 0.166 e. The number of piperazine rings is 1. The quantitative estimate of drug-likeness (QED) is 0.590. The normalized spacial score (nSPS) is 22.9. The van der Waals surface area contributed by atoms with Gasteiger partial charge in [-0.3, -0.25) is 19.7 Å². The SMILES string of the molecule is Cc1nnc(-c2cc3cc(CC(=O)C4CCC(N5CCN(C)CC5)CC4)ncc3cn2)s1. The van der Waals surface area contributed by atoms with E-state index < -0.39 is 0 Å². The molecule has 0 spiro atoms. The summed E-state index contributed by atoms with van der Waals surface area (Å²) in [4.78, 5) is 27.1. The van der Waals surface area contributed by atoms with E-state index in [4.69, 9.17) is 0 Å². The highest BCUT2D eigenvalue weighted by Crippen LogP contribution is 2.30. The number of nitrogens with zero attached hydrogens (tertiary/aromatic N) is 6. The molecule has 0 amide bonds. The van der Waals surface area contributed by atoms with Gasteiger partial charge in [-0.1, -0.05) is 11.3 Å². The Morgan fingerprint density at radius 1 is 1.00 bits per heavy atom. The first-order valence-electron chi connectivity index (χ1n) is 11.6. The van der Waals surface area contributed by atoms with E-state index in [1.54, 1.807) is 0 Å². The average molecular weight is 451 g/mol. The second-order valence-electron chi connectivity index (χ2n) is 9.21. The van der Waals surface area contributed by atoms with Crippen LogP contribution in [0, 0.1) is 12.8 Å². The topological polar surface area (TPSA) is 75.1 Å². The van der Waals surface area contributed by atoms with Crippen molar-refractivity contribution in [2.24, 2.45) is 5.92 Å². The molecule has 4 heterocycles. The van der Waals surface area contributed by atoms with Crippen molar-refractivity contribution in [3.8, 4) is 10.7 Å². The van der Waals surface area contributed by atoms with Crippen LogP contribution in [-0.2, 0) is 11.2 Å². The Morgan fingerprint density at radius 3 is 2.47 bits per heavy atom. The first kappa shape index (κ1) is 21.6. The molecule has 8 heteroatoms. The third kappa shape index (κ3) is 4.72. The monoisotopic (exact) mass is 450 g/mol. The molecule has 0 radical (unpaired) electrons. The predicted octanol–water partition coefficient (Wildman–Crippen LogP) is 3.37. The standard InChI is InChI=1S/C24H30N6OS/c1-16-27-28-24(32-16)22-12-18-11-20(25-14-19(18)15-26-22)13-23(31)17-3-5-21(6-4-17)30-9-7-29(2)8-10-30/h11-12,14-15,17,21H,3-10,13H2,1-2H3. The van der Waals surface area contributed by atoms with Crippen LogP contribution in [0.5, 0.6) is 0 Å². The fraction of sp³-hybridized carbons (Fsp3) is 0.542. The number of rotatable bonds is 5. The maximum absolute atomic E-state index is 13.0. The van der Waals surface area contributed by atoms with E-state index in [1.807, 2.05) is 31.5 Å². The van der Waals surface area contributed by atoms with Gasteiger partial charge in [-0.2, -0.15) is 0 Å². The second kappa shape index (κ2) is 9.29. The lowest BCUT2D eigenvalue weighted by atomic mass is 9.81. The number of Topliss-reactive ketones (excluding diaryl/α,β-unsaturated/α-hetero) is 1. The van der Waals surface area contributed by atoms with Crippen molar-refractivity contribution in [1.29, 1.82) is 0 Å². The largest absolute Gasteiger partial charge is 0.304 e. The van der Waals surface area contributed by atoms with Gasteiger partial charge >= 0.3 is 0 Å². The Morgan fingerprint density at radius 2 is 1.75 bits per heavy atom. The molecule has 7 nitrogen and oxygen atoms in total. The summed E-state index contributed by atoms with van der Waals surface area (Å²) in [5.74, 6) is 0.510. The molecule has 0 atom stereocenters. The van der Waals surface area contributed by atoms with E-state index in [0.717, 1.165) is 84.0 Å². The van der Waals surface area contributed by atoms with Crippen LogP contribution >= 0.6 is 11.3 Å². The van der Waals surface area contributed by atoms with Crippen LogP contribution in [0.3, 0.4) is 0 Å². The van der Waals surface area contributed by atoms with Gasteiger partial charge in [0.2, 0.25) is 0 Å². The zero-order chi connectivity index (χ0) is 22.1. The van der Waals surface area contributed by atoms with Gasteiger partial charge in [0.05, 0.1) is 0 Å². The summed E-state index contributed by atoms with van der Waals surface area (Å²) in [6.07, 6.45) is 8.35. The maximum atomic E-state index is 13.0. The van der Waals surface area contributed by atoms with Crippen molar-refractivity contribution in [2.75, 3.05) is 33.2 Å². The van der Waals surface area contributed by atoms with Gasteiger partial charge in [0, 0.05) is 68.0 Å². The van der Waals surface area contributed by atoms with Crippen molar-refractivity contribution in [1.82, 2.24) is 30.0 Å². The summed E-state index contributed by atoms with van der Waals surface area (Å²) in [7, 11) is 2.20. The van der Waals surface area contributed by atoms with Crippen molar-refractivity contribution in [3.05, 3.63) is 35.2 Å². The van der Waals surface area contributed by atoms with Crippen molar-refractivity contribution >= 4 is 27.9 Å². The molecule has 32 heavy (non-hydrogen) atoms. The van der Waals surface area contributed by atoms with Crippen molar-refractivity contribution < 1.29 is 4.79 Å². The third-order valence-electron chi connectivity index (χ3n) is 6.97. The molecule has 0 bridgehead atoms. The van der Waals surface area contributed by atoms with E-state index in [0.29, 0.717) is 18.2 Å². The van der Waals surface area contributed by atoms with Crippen LogP contribution in [0.15, 0.2) is 24.5 Å². The highest BCUT2D eigenvalue weighted by atomic mass is 32.1. The van der Waals surface area contributed by atoms with Crippen LogP contribution in [-0.4, -0.2) is 75.0 Å². The third-order valence-corrected chi connectivity index (χ3v) is 7.83. The summed E-state index contributed by atoms with van der Waals surface area (Å²) in [5, 5.41) is 12.0. The molecule has 3 aromatic rings. The lowest BCUT2D eigenvalue weighted by molar-refractivity contribution is -0.123. The minimum atomic E-state index is 0.175. The lowest BCUT2D eigenvalue weighted by Crippen LogP contribution is -2.50. The molecular weight excluding hydrogens is 420 g/mol. The predicted molar refractivity (Wildman–Crippen MR) is 127 cm³/mol. The fourth-order valence-corrected chi connectivity index (χ4v) is 5.63. The minimum absolute atomic E-state index is 0.175. The van der Waals surface area contributed by atoms with E-state index in [2.05, 4.69) is 37.0 Å². The van der Waals surface area contributed by atoms with E-state index in [-0.39, 0.29) is 5.92 Å². The van der Waals surface area contributed by atoms with Crippen molar-refractivity contribution in [2.45, 2.75) is 45.1 Å². The first-order chi connectivity index (χ1) is 15.5. The molecule has 1 saturated carbocycles. The zero-order valence-electron chi connectivity index (χ0n) is 18.8. The molecule has 0 aromatic carbocycles. The lowest BCUT2D eigenvalue weighted by Gasteiger charge is -2.40. The molecule has 2 fully saturated rings. The van der Waals surface area contributed by atoms with Crippen LogP contribution in [0.2, 0.25) is 0 Å². The summed E-state index contributed by atoms with van der Waals surface area (Å²) in [6, 6.07) is 4.70. The Bertz CT molecular complexity index is 1100. The number of carbonyl (C=O) groups excluding carboxylic acids is 1. The number of hydrogen-bond acceptors (Lipinski definition) is 8. The van der Waals surface area contributed by atoms with Gasteiger partial charge in [-0.05, 0) is 57.2 Å². The first-order valence-corrected chi connectivity index (χ1v) is 12.4. The molecule has 0 N–H and O–H groups in total. The number of fused-ring (bicyclic) bond motifs is 1. The molecule has 3 aromatic heterocycles. The second-order valence-corrected chi connectivity index (χ2v) is 10.4. The average Bonchev–Trinajstić information content (AvgIpc) is 3.25. The van der Waals surface area contributed by atoms with Gasteiger partial charge in [0.25, 0.3) is 0 Å². The number of likely N-dealkylation sites (N-methyl/N-ethyl adjacent to an activating group) is 1. The number of ketones is 1. The van der Waals surface area contributed by atoms with Crippen molar-refractivity contribution in [3.63, 3.8) is 0 Å². The molecule has 0 unspecified atom stereocenters. The Labute approximate surface area is 192 Å². The molecule has 1 aliphatic carbocycles. The molecule has 2 aliphatic rings. The number of carbonyl (C=O) groups is 1. The van der Waals surface area contributed by atoms with Gasteiger partial charge in [0.15, 0.2) is 5.01 Å². The van der Waals surface area contributed by atoms with E-state index >= 15 is 0 Å². The summed E-state index contributed by atoms with van der Waals surface area (Å²) < 4.78 is 0. The molecular formula is C24H30N6OS. The number of aryl methyl sites for hydroxylation is 1. The summed E-state index contributed by atoms with van der Waals surface area (Å²) in [6.45, 7) is 6.57. The molecule has 1 saturated heterocycles. The van der Waals surface area contributed by atoms with Gasteiger partial charge in [-0.25, -0.2) is 0 Å². The van der Waals surface area contributed by atoms with Crippen LogP contribution < -0.4 is 0 Å². The number of pyridine rings is 2. The molecule has 168 valence electrons.